The standard InChI is InChI=1S/C21H25FN6O/c22-16-3-1-12-24-19(16)21(10-2-11-21)13-25-18-9-8-17(27-28-18)14-4-6-15(7-5-14)26-20(23)29/h1,3-4,8-9,12,15H,2,5-7,10-11,13H2,(H,25,28)(H3,23,26,29). The SMILES string of the molecule is NC(=O)NC1CC=C(c2ccc(NCC3(c4ncccc4F)CCC3)nn2)CC1. The molecule has 0 radical (unpaired) electrons. The summed E-state index contributed by atoms with van der Waals surface area (Å²) in [4.78, 5) is 15.3. The molecule has 29 heavy (non-hydrogen) atoms. The number of nitrogens with zero attached hydrogens (tertiary/aromatic N) is 3. The molecule has 0 aliphatic heterocycles. The molecule has 1 unspecified atom stereocenters. The lowest BCUT2D eigenvalue weighted by atomic mass is 9.66. The van der Waals surface area contributed by atoms with Crippen molar-refractivity contribution in [1.29, 1.82) is 0 Å². The van der Waals surface area contributed by atoms with Crippen LogP contribution in [-0.2, 0) is 5.41 Å². The summed E-state index contributed by atoms with van der Waals surface area (Å²) in [6, 6.07) is 6.52. The number of pyridine rings is 1. The molecule has 4 rings (SSSR count). The summed E-state index contributed by atoms with van der Waals surface area (Å²) in [7, 11) is 0. The van der Waals surface area contributed by atoms with Gasteiger partial charge in [0.25, 0.3) is 0 Å². The van der Waals surface area contributed by atoms with Crippen molar-refractivity contribution in [3.63, 3.8) is 0 Å². The van der Waals surface area contributed by atoms with Gasteiger partial charge in [0.05, 0.1) is 11.4 Å². The Bertz CT molecular complexity index is 910. The maximum absolute atomic E-state index is 14.2. The molecule has 2 aromatic heterocycles. The van der Waals surface area contributed by atoms with Crippen LogP contribution in [0.2, 0.25) is 0 Å². The number of nitrogens with one attached hydrogen (secondary N) is 2. The zero-order chi connectivity index (χ0) is 20.3. The molecule has 1 saturated carbocycles. The van der Waals surface area contributed by atoms with Crippen molar-refractivity contribution >= 4 is 17.4 Å². The Kier molecular flexibility index (Phi) is 5.42. The number of carbonyl (C=O) groups excluding carboxylic acids is 1. The number of hydrogen-bond donors (Lipinski definition) is 3. The molecule has 0 saturated heterocycles. The van der Waals surface area contributed by atoms with E-state index in [0.717, 1.165) is 49.8 Å². The van der Waals surface area contributed by atoms with Crippen molar-refractivity contribution < 1.29 is 9.18 Å². The second-order valence-electron chi connectivity index (χ2n) is 7.83. The summed E-state index contributed by atoms with van der Waals surface area (Å²) in [6.07, 6.45) is 8.99. The van der Waals surface area contributed by atoms with Crippen molar-refractivity contribution in [3.8, 4) is 0 Å². The maximum atomic E-state index is 14.2. The van der Waals surface area contributed by atoms with E-state index in [1.165, 1.54) is 6.07 Å². The monoisotopic (exact) mass is 396 g/mol. The molecule has 2 aliphatic carbocycles. The number of hydrogen-bond acceptors (Lipinski definition) is 5. The average molecular weight is 396 g/mol. The molecular formula is C21H25FN6O. The Labute approximate surface area is 169 Å². The lowest BCUT2D eigenvalue weighted by Crippen LogP contribution is -2.42. The smallest absolute Gasteiger partial charge is 0.312 e. The van der Waals surface area contributed by atoms with Crippen LogP contribution >= 0.6 is 0 Å². The first kappa shape index (κ1) is 19.3. The molecule has 1 fully saturated rings. The number of halogens is 1. The van der Waals surface area contributed by atoms with Crippen molar-refractivity contribution in [2.75, 3.05) is 11.9 Å². The van der Waals surface area contributed by atoms with Gasteiger partial charge >= 0.3 is 6.03 Å². The average Bonchev–Trinajstić information content (AvgIpc) is 2.69. The quantitative estimate of drug-likeness (QED) is 0.696. The molecule has 0 spiro atoms. The number of primary amides is 1. The van der Waals surface area contributed by atoms with E-state index in [-0.39, 0.29) is 17.3 Å². The van der Waals surface area contributed by atoms with E-state index in [9.17, 15) is 9.18 Å². The maximum Gasteiger partial charge on any atom is 0.312 e. The molecule has 152 valence electrons. The summed E-state index contributed by atoms with van der Waals surface area (Å²) >= 11 is 0. The lowest BCUT2D eigenvalue weighted by molar-refractivity contribution is 0.243. The molecule has 1 atom stereocenters. The number of nitrogens with two attached hydrogens (primary N) is 1. The third kappa shape index (κ3) is 4.21. The summed E-state index contributed by atoms with van der Waals surface area (Å²) in [5.41, 5.74) is 7.40. The minimum Gasteiger partial charge on any atom is -0.368 e. The molecule has 7 nitrogen and oxygen atoms in total. The number of carbonyl (C=O) groups is 1. The first-order valence-corrected chi connectivity index (χ1v) is 10.00. The van der Waals surface area contributed by atoms with Crippen LogP contribution < -0.4 is 16.4 Å². The first-order chi connectivity index (χ1) is 14.1. The highest BCUT2D eigenvalue weighted by Crippen LogP contribution is 2.43. The number of anilines is 1. The normalized spacial score (nSPS) is 20.3. The van der Waals surface area contributed by atoms with Gasteiger partial charge in [-0.3, -0.25) is 4.98 Å². The molecule has 0 bridgehead atoms. The van der Waals surface area contributed by atoms with E-state index in [0.29, 0.717) is 18.1 Å². The fourth-order valence-corrected chi connectivity index (χ4v) is 4.13. The van der Waals surface area contributed by atoms with Crippen LogP contribution in [0.15, 0.2) is 36.5 Å². The fraction of sp³-hybridized carbons (Fsp3) is 0.429. The fourth-order valence-electron chi connectivity index (χ4n) is 4.13. The van der Waals surface area contributed by atoms with Gasteiger partial charge in [0.15, 0.2) is 0 Å². The van der Waals surface area contributed by atoms with E-state index in [2.05, 4.69) is 31.9 Å². The highest BCUT2D eigenvalue weighted by Gasteiger charge is 2.41. The van der Waals surface area contributed by atoms with Crippen molar-refractivity contribution in [2.24, 2.45) is 5.73 Å². The van der Waals surface area contributed by atoms with Crippen molar-refractivity contribution in [1.82, 2.24) is 20.5 Å². The summed E-state index contributed by atoms with van der Waals surface area (Å²) in [5.74, 6) is 0.421. The Morgan fingerprint density at radius 3 is 2.72 bits per heavy atom. The third-order valence-electron chi connectivity index (χ3n) is 5.93. The van der Waals surface area contributed by atoms with Crippen LogP contribution in [-0.4, -0.2) is 33.8 Å². The minimum atomic E-state index is -0.489. The van der Waals surface area contributed by atoms with Crippen LogP contribution in [0.3, 0.4) is 0 Å². The second kappa shape index (κ2) is 8.14. The van der Waals surface area contributed by atoms with Gasteiger partial charge in [-0.05, 0) is 61.9 Å². The minimum absolute atomic E-state index is 0.0795. The highest BCUT2D eigenvalue weighted by atomic mass is 19.1. The van der Waals surface area contributed by atoms with Gasteiger partial charge in [0, 0.05) is 24.2 Å². The van der Waals surface area contributed by atoms with E-state index >= 15 is 0 Å². The molecule has 2 aromatic rings. The van der Waals surface area contributed by atoms with Gasteiger partial charge in [0.1, 0.15) is 11.6 Å². The van der Waals surface area contributed by atoms with E-state index < -0.39 is 6.03 Å². The van der Waals surface area contributed by atoms with Gasteiger partial charge in [-0.15, -0.1) is 10.2 Å². The van der Waals surface area contributed by atoms with E-state index in [1.54, 1.807) is 12.3 Å². The predicted molar refractivity (Wildman–Crippen MR) is 109 cm³/mol. The van der Waals surface area contributed by atoms with Crippen LogP contribution in [0.4, 0.5) is 15.0 Å². The van der Waals surface area contributed by atoms with E-state index in [1.807, 2.05) is 12.1 Å². The first-order valence-electron chi connectivity index (χ1n) is 10.00. The topological polar surface area (TPSA) is 106 Å². The highest BCUT2D eigenvalue weighted by molar-refractivity contribution is 5.72. The molecule has 2 heterocycles. The molecule has 4 N–H and O–H groups in total. The molecule has 2 aliphatic rings. The number of rotatable bonds is 6. The van der Waals surface area contributed by atoms with Crippen LogP contribution in [0.25, 0.3) is 5.57 Å². The van der Waals surface area contributed by atoms with E-state index in [4.69, 9.17) is 5.73 Å². The second-order valence-corrected chi connectivity index (χ2v) is 7.83. The zero-order valence-electron chi connectivity index (χ0n) is 16.2. The number of urea groups is 1. The summed E-state index contributed by atoms with van der Waals surface area (Å²) in [6.45, 7) is 0.581. The Balaban J connectivity index is 1.38. The van der Waals surface area contributed by atoms with Crippen LogP contribution in [0, 0.1) is 5.82 Å². The van der Waals surface area contributed by atoms with Crippen LogP contribution in [0.5, 0.6) is 0 Å². The third-order valence-corrected chi connectivity index (χ3v) is 5.93. The molecule has 2 amide bonds. The van der Waals surface area contributed by atoms with Crippen LogP contribution in [0.1, 0.15) is 49.9 Å². The zero-order valence-corrected chi connectivity index (χ0v) is 16.2. The predicted octanol–water partition coefficient (Wildman–Crippen LogP) is 3.15. The lowest BCUT2D eigenvalue weighted by Gasteiger charge is -2.41. The summed E-state index contributed by atoms with van der Waals surface area (Å²) in [5, 5.41) is 14.7. The van der Waals surface area contributed by atoms with Crippen molar-refractivity contribution in [2.45, 2.75) is 50.0 Å². The number of amides is 2. The largest absolute Gasteiger partial charge is 0.368 e. The summed E-state index contributed by atoms with van der Waals surface area (Å²) < 4.78 is 14.2. The Morgan fingerprint density at radius 1 is 1.28 bits per heavy atom. The van der Waals surface area contributed by atoms with Crippen molar-refractivity contribution in [3.05, 3.63) is 53.7 Å². The van der Waals surface area contributed by atoms with Gasteiger partial charge in [-0.2, -0.15) is 0 Å². The molecule has 8 heteroatoms. The van der Waals surface area contributed by atoms with Gasteiger partial charge in [0.2, 0.25) is 0 Å². The van der Waals surface area contributed by atoms with Gasteiger partial charge in [-0.1, -0.05) is 12.5 Å². The molecular weight excluding hydrogens is 371 g/mol. The Morgan fingerprint density at radius 2 is 2.14 bits per heavy atom. The van der Waals surface area contributed by atoms with Gasteiger partial charge < -0.3 is 16.4 Å². The molecule has 0 aromatic carbocycles. The van der Waals surface area contributed by atoms with Gasteiger partial charge in [-0.25, -0.2) is 9.18 Å². The number of allylic oxidation sites excluding steroid dienone is 1. The Hall–Kier alpha value is -3.03. The number of aromatic nitrogens is 3.